The fourth-order valence-corrected chi connectivity index (χ4v) is 2.12. The van der Waals surface area contributed by atoms with Crippen LogP contribution in [-0.4, -0.2) is 20.7 Å². The Labute approximate surface area is 113 Å². The van der Waals surface area contributed by atoms with Crippen LogP contribution in [-0.2, 0) is 4.79 Å². The lowest BCUT2D eigenvalue weighted by atomic mass is 10.2. The number of terminal acetylenes is 1. The van der Waals surface area contributed by atoms with Gasteiger partial charge in [0.1, 0.15) is 11.0 Å². The smallest absolute Gasteiger partial charge is 0.242 e. The molecule has 1 aromatic carbocycles. The van der Waals surface area contributed by atoms with Crippen LogP contribution in [0.2, 0.25) is 5.02 Å². The quantitative estimate of drug-likeness (QED) is 0.838. The molecule has 5 nitrogen and oxygen atoms in total. The van der Waals surface area contributed by atoms with Crippen molar-refractivity contribution in [2.24, 2.45) is 5.73 Å². The Balaban J connectivity index is 2.31. The Morgan fingerprint density at radius 2 is 2.39 bits per heavy atom. The molecule has 0 bridgehead atoms. The van der Waals surface area contributed by atoms with Crippen LogP contribution in [0, 0.1) is 12.3 Å². The van der Waals surface area contributed by atoms with Gasteiger partial charge in [0.2, 0.25) is 5.91 Å². The van der Waals surface area contributed by atoms with Crippen molar-refractivity contribution in [3.63, 3.8) is 0 Å². The minimum atomic E-state index is -0.770. The third kappa shape index (κ3) is 2.43. The third-order valence-corrected chi connectivity index (χ3v) is 3.16. The van der Waals surface area contributed by atoms with E-state index in [0.29, 0.717) is 21.7 Å². The van der Waals surface area contributed by atoms with Crippen LogP contribution in [0.4, 0.5) is 5.69 Å². The summed E-state index contributed by atoms with van der Waals surface area (Å²) in [6.07, 6.45) is 5.27. The second-order valence-electron chi connectivity index (χ2n) is 3.56. The number of nitrogens with zero attached hydrogens (tertiary/aromatic N) is 2. The van der Waals surface area contributed by atoms with E-state index in [-0.39, 0.29) is 6.42 Å². The number of benzene rings is 1. The zero-order valence-corrected chi connectivity index (χ0v) is 10.8. The predicted octanol–water partition coefficient (Wildman–Crippen LogP) is 1.63. The number of nitrogens with two attached hydrogens (primary N) is 1. The van der Waals surface area contributed by atoms with Gasteiger partial charge in [-0.15, -0.1) is 12.3 Å². The monoisotopic (exact) mass is 280 g/mol. The molecular formula is C11H9ClN4OS. The van der Waals surface area contributed by atoms with Gasteiger partial charge in [0.15, 0.2) is 0 Å². The van der Waals surface area contributed by atoms with E-state index in [4.69, 9.17) is 23.8 Å². The van der Waals surface area contributed by atoms with Gasteiger partial charge in [-0.2, -0.15) is 8.75 Å². The molecule has 18 heavy (non-hydrogen) atoms. The Morgan fingerprint density at radius 1 is 1.61 bits per heavy atom. The lowest BCUT2D eigenvalue weighted by Gasteiger charge is -2.11. The highest BCUT2D eigenvalue weighted by atomic mass is 35.5. The molecule has 0 aliphatic rings. The summed E-state index contributed by atoms with van der Waals surface area (Å²) in [5, 5.41) is 3.02. The van der Waals surface area contributed by atoms with E-state index >= 15 is 0 Å². The summed E-state index contributed by atoms with van der Waals surface area (Å²) in [4.78, 5) is 11.8. The Bertz CT molecular complexity index is 633. The summed E-state index contributed by atoms with van der Waals surface area (Å²) in [5.41, 5.74) is 7.25. The number of hydrogen-bond acceptors (Lipinski definition) is 5. The average Bonchev–Trinajstić information content (AvgIpc) is 2.81. The first-order valence-electron chi connectivity index (χ1n) is 5.04. The molecule has 1 aromatic heterocycles. The second-order valence-corrected chi connectivity index (χ2v) is 4.49. The number of rotatable bonds is 3. The Morgan fingerprint density at radius 3 is 3.11 bits per heavy atom. The number of nitrogens with one attached hydrogen (secondary N) is 1. The van der Waals surface area contributed by atoms with E-state index in [1.165, 1.54) is 0 Å². The lowest BCUT2D eigenvalue weighted by Crippen LogP contribution is -2.35. The number of amides is 1. The van der Waals surface area contributed by atoms with Crippen molar-refractivity contribution in [1.29, 1.82) is 0 Å². The van der Waals surface area contributed by atoms with E-state index in [1.54, 1.807) is 12.1 Å². The first-order chi connectivity index (χ1) is 8.63. The first-order valence-corrected chi connectivity index (χ1v) is 6.15. The fraction of sp³-hybridized carbons (Fsp3) is 0.182. The van der Waals surface area contributed by atoms with Crippen LogP contribution in [0.15, 0.2) is 12.1 Å². The van der Waals surface area contributed by atoms with E-state index in [9.17, 15) is 4.79 Å². The summed E-state index contributed by atoms with van der Waals surface area (Å²) in [5.74, 6) is 1.94. The number of halogens is 1. The molecule has 1 unspecified atom stereocenters. The number of aromatic nitrogens is 2. The fourth-order valence-electron chi connectivity index (χ4n) is 1.38. The van der Waals surface area contributed by atoms with Gasteiger partial charge in [-0.1, -0.05) is 11.6 Å². The van der Waals surface area contributed by atoms with Crippen molar-refractivity contribution >= 4 is 46.0 Å². The van der Waals surface area contributed by atoms with Gasteiger partial charge in [-0.05, 0) is 12.1 Å². The van der Waals surface area contributed by atoms with Crippen molar-refractivity contribution in [3.8, 4) is 12.3 Å². The molecule has 0 fully saturated rings. The van der Waals surface area contributed by atoms with Gasteiger partial charge in [-0.25, -0.2) is 0 Å². The third-order valence-electron chi connectivity index (χ3n) is 2.30. The molecule has 0 aliphatic carbocycles. The molecule has 7 heteroatoms. The van der Waals surface area contributed by atoms with Gasteiger partial charge in [-0.3, -0.25) is 4.79 Å². The van der Waals surface area contributed by atoms with Gasteiger partial charge in [0.05, 0.1) is 28.5 Å². The van der Waals surface area contributed by atoms with Crippen molar-refractivity contribution in [2.45, 2.75) is 12.5 Å². The highest BCUT2D eigenvalue weighted by Crippen LogP contribution is 2.29. The SMILES string of the molecule is C#CCC(N)C(=O)Nc1c(Cl)ccc2nsnc12. The minimum Gasteiger partial charge on any atom is -0.322 e. The summed E-state index contributed by atoms with van der Waals surface area (Å²) in [7, 11) is 0. The van der Waals surface area contributed by atoms with Gasteiger partial charge < -0.3 is 11.1 Å². The number of hydrogen-bond donors (Lipinski definition) is 2. The van der Waals surface area contributed by atoms with Crippen LogP contribution in [0.1, 0.15) is 6.42 Å². The molecule has 2 aromatic rings. The number of anilines is 1. The largest absolute Gasteiger partial charge is 0.322 e. The van der Waals surface area contributed by atoms with Crippen molar-refractivity contribution < 1.29 is 4.79 Å². The lowest BCUT2D eigenvalue weighted by molar-refractivity contribution is -0.117. The molecule has 0 radical (unpaired) electrons. The Hall–Kier alpha value is -1.68. The molecule has 0 spiro atoms. The predicted molar refractivity (Wildman–Crippen MR) is 72.5 cm³/mol. The van der Waals surface area contributed by atoms with E-state index < -0.39 is 11.9 Å². The number of carbonyl (C=O) groups excluding carboxylic acids is 1. The van der Waals surface area contributed by atoms with Crippen molar-refractivity contribution in [1.82, 2.24) is 8.75 Å². The molecule has 0 saturated heterocycles. The van der Waals surface area contributed by atoms with Gasteiger partial charge in [0.25, 0.3) is 0 Å². The van der Waals surface area contributed by atoms with Crippen molar-refractivity contribution in [2.75, 3.05) is 5.32 Å². The van der Waals surface area contributed by atoms with Crippen LogP contribution >= 0.6 is 23.3 Å². The molecule has 0 saturated carbocycles. The van der Waals surface area contributed by atoms with Crippen LogP contribution in [0.5, 0.6) is 0 Å². The zero-order valence-electron chi connectivity index (χ0n) is 9.18. The van der Waals surface area contributed by atoms with Crippen LogP contribution in [0.3, 0.4) is 0 Å². The summed E-state index contributed by atoms with van der Waals surface area (Å²) in [6.45, 7) is 0. The maximum absolute atomic E-state index is 11.8. The summed E-state index contributed by atoms with van der Waals surface area (Å²) < 4.78 is 8.15. The van der Waals surface area contributed by atoms with Gasteiger partial charge in [0, 0.05) is 6.42 Å². The maximum atomic E-state index is 11.8. The highest BCUT2D eigenvalue weighted by Gasteiger charge is 2.17. The highest BCUT2D eigenvalue weighted by molar-refractivity contribution is 7.00. The first kappa shape index (κ1) is 12.8. The molecule has 1 heterocycles. The van der Waals surface area contributed by atoms with E-state index in [2.05, 4.69) is 20.0 Å². The average molecular weight is 281 g/mol. The summed E-state index contributed by atoms with van der Waals surface area (Å²) >= 11 is 7.07. The normalized spacial score (nSPS) is 12.1. The molecule has 1 atom stereocenters. The summed E-state index contributed by atoms with van der Waals surface area (Å²) in [6, 6.07) is 2.61. The van der Waals surface area contributed by atoms with Gasteiger partial charge >= 0.3 is 0 Å². The topological polar surface area (TPSA) is 80.9 Å². The molecular weight excluding hydrogens is 272 g/mol. The molecule has 0 aliphatic heterocycles. The standard InChI is InChI=1S/C11H9ClN4OS/c1-2-3-7(13)11(17)14-9-6(12)4-5-8-10(9)16-18-15-8/h1,4-5,7H,3,13H2,(H,14,17). The van der Waals surface area contributed by atoms with Crippen molar-refractivity contribution in [3.05, 3.63) is 17.2 Å². The van der Waals surface area contributed by atoms with Crippen LogP contribution in [0.25, 0.3) is 11.0 Å². The molecule has 2 rings (SSSR count). The Kier molecular flexibility index (Phi) is 3.77. The second kappa shape index (κ2) is 5.31. The zero-order chi connectivity index (χ0) is 13.1. The molecule has 3 N–H and O–H groups in total. The van der Waals surface area contributed by atoms with E-state index in [1.807, 2.05) is 0 Å². The number of fused-ring (bicyclic) bond motifs is 1. The minimum absolute atomic E-state index is 0.161. The van der Waals surface area contributed by atoms with Crippen LogP contribution < -0.4 is 11.1 Å². The number of carbonyl (C=O) groups is 1. The molecule has 1 amide bonds. The van der Waals surface area contributed by atoms with E-state index in [0.717, 1.165) is 11.7 Å². The molecule has 92 valence electrons. The maximum Gasteiger partial charge on any atom is 0.242 e.